The number of carbonyl (C=O) groups excluding carboxylic acids is 2. The number of aliphatic hydroxyl groups excluding tert-OH is 2. The molecule has 7 nitrogen and oxygen atoms in total. The fraction of sp³-hybridized carbons (Fsp3) is 0.467. The van der Waals surface area contributed by atoms with Gasteiger partial charge in [-0.15, -0.1) is 0 Å². The van der Waals surface area contributed by atoms with Crippen LogP contribution in [-0.4, -0.2) is 58.3 Å². The standard InChI is InChI=1S/C15H20N2O5/c1-15(9-18)6-11(19)7-17(15)14(21)10-3-2-4-12(5-10)22-8-13(16)20/h2-5,11,18-19H,6-9H2,1H3,(H2,16,20). The van der Waals surface area contributed by atoms with Gasteiger partial charge in [-0.05, 0) is 25.1 Å². The maximum atomic E-state index is 12.6. The maximum Gasteiger partial charge on any atom is 0.255 e. The predicted molar refractivity (Wildman–Crippen MR) is 78.3 cm³/mol. The SMILES string of the molecule is CC1(CO)CC(O)CN1C(=O)c1cccc(OCC(N)=O)c1. The van der Waals surface area contributed by atoms with E-state index in [9.17, 15) is 19.8 Å². The summed E-state index contributed by atoms with van der Waals surface area (Å²) >= 11 is 0. The molecule has 0 aliphatic carbocycles. The third-order valence-corrected chi connectivity index (χ3v) is 3.77. The normalized spacial score (nSPS) is 24.3. The molecule has 0 saturated carbocycles. The van der Waals surface area contributed by atoms with E-state index in [2.05, 4.69) is 0 Å². The highest BCUT2D eigenvalue weighted by Crippen LogP contribution is 2.30. The van der Waals surface area contributed by atoms with Crippen molar-refractivity contribution in [2.24, 2.45) is 5.73 Å². The van der Waals surface area contributed by atoms with Crippen LogP contribution in [0.5, 0.6) is 5.75 Å². The van der Waals surface area contributed by atoms with Gasteiger partial charge in [0.25, 0.3) is 11.8 Å². The van der Waals surface area contributed by atoms with Gasteiger partial charge >= 0.3 is 0 Å². The van der Waals surface area contributed by atoms with E-state index in [1.54, 1.807) is 25.1 Å². The summed E-state index contributed by atoms with van der Waals surface area (Å²) in [5.41, 5.74) is 4.58. The summed E-state index contributed by atoms with van der Waals surface area (Å²) in [7, 11) is 0. The van der Waals surface area contributed by atoms with Crippen molar-refractivity contribution in [3.05, 3.63) is 29.8 Å². The van der Waals surface area contributed by atoms with Gasteiger partial charge in [0.2, 0.25) is 0 Å². The van der Waals surface area contributed by atoms with E-state index < -0.39 is 17.6 Å². The minimum atomic E-state index is -0.791. The largest absolute Gasteiger partial charge is 0.484 e. The molecular formula is C15H20N2O5. The Morgan fingerprint density at radius 1 is 1.50 bits per heavy atom. The lowest BCUT2D eigenvalue weighted by Crippen LogP contribution is -2.47. The Labute approximate surface area is 128 Å². The second-order valence-electron chi connectivity index (χ2n) is 5.71. The molecule has 0 aromatic heterocycles. The number of nitrogens with zero attached hydrogens (tertiary/aromatic N) is 1. The minimum Gasteiger partial charge on any atom is -0.484 e. The topological polar surface area (TPSA) is 113 Å². The van der Waals surface area contributed by atoms with E-state index in [1.165, 1.54) is 11.0 Å². The van der Waals surface area contributed by atoms with E-state index >= 15 is 0 Å². The van der Waals surface area contributed by atoms with Crippen molar-refractivity contribution in [2.75, 3.05) is 19.8 Å². The summed E-state index contributed by atoms with van der Waals surface area (Å²) in [6.07, 6.45) is -0.331. The van der Waals surface area contributed by atoms with E-state index in [4.69, 9.17) is 10.5 Å². The number of primary amides is 1. The highest BCUT2D eigenvalue weighted by atomic mass is 16.5. The Bertz CT molecular complexity index is 577. The van der Waals surface area contributed by atoms with E-state index in [1.807, 2.05) is 0 Å². The van der Waals surface area contributed by atoms with Crippen molar-refractivity contribution in [3.8, 4) is 5.75 Å². The summed E-state index contributed by atoms with van der Waals surface area (Å²) in [5, 5.41) is 19.3. The number of aliphatic hydroxyl groups is 2. The van der Waals surface area contributed by atoms with Crippen LogP contribution in [0.3, 0.4) is 0 Å². The van der Waals surface area contributed by atoms with Crippen LogP contribution in [0.4, 0.5) is 0 Å². The summed E-state index contributed by atoms with van der Waals surface area (Å²) in [6, 6.07) is 6.37. The Morgan fingerprint density at radius 3 is 2.86 bits per heavy atom. The van der Waals surface area contributed by atoms with Gasteiger partial charge in [-0.2, -0.15) is 0 Å². The average Bonchev–Trinajstić information content (AvgIpc) is 2.80. The van der Waals surface area contributed by atoms with E-state index in [-0.39, 0.29) is 25.7 Å². The van der Waals surface area contributed by atoms with Crippen molar-refractivity contribution in [1.82, 2.24) is 4.90 Å². The fourth-order valence-electron chi connectivity index (χ4n) is 2.62. The first-order chi connectivity index (χ1) is 10.4. The monoisotopic (exact) mass is 308 g/mol. The van der Waals surface area contributed by atoms with E-state index in [0.29, 0.717) is 17.7 Å². The van der Waals surface area contributed by atoms with Crippen LogP contribution in [0.15, 0.2) is 24.3 Å². The second-order valence-corrected chi connectivity index (χ2v) is 5.71. The van der Waals surface area contributed by atoms with Crippen LogP contribution in [0.2, 0.25) is 0 Å². The average molecular weight is 308 g/mol. The van der Waals surface area contributed by atoms with Crippen molar-refractivity contribution in [3.63, 3.8) is 0 Å². The number of benzene rings is 1. The minimum absolute atomic E-state index is 0.169. The summed E-state index contributed by atoms with van der Waals surface area (Å²) < 4.78 is 5.18. The van der Waals surface area contributed by atoms with Crippen molar-refractivity contribution < 1.29 is 24.5 Å². The van der Waals surface area contributed by atoms with Crippen molar-refractivity contribution >= 4 is 11.8 Å². The number of carbonyl (C=O) groups is 2. The fourth-order valence-corrected chi connectivity index (χ4v) is 2.62. The zero-order valence-electron chi connectivity index (χ0n) is 12.4. The molecule has 1 aliphatic heterocycles. The third kappa shape index (κ3) is 3.37. The smallest absolute Gasteiger partial charge is 0.255 e. The lowest BCUT2D eigenvalue weighted by atomic mass is 9.98. The van der Waals surface area contributed by atoms with Gasteiger partial charge in [0.1, 0.15) is 5.75 Å². The van der Waals surface area contributed by atoms with Gasteiger partial charge in [-0.25, -0.2) is 0 Å². The molecule has 1 saturated heterocycles. The molecule has 0 spiro atoms. The Kier molecular flexibility index (Phi) is 4.68. The molecule has 1 heterocycles. The molecule has 2 atom stereocenters. The molecule has 1 fully saturated rings. The summed E-state index contributed by atoms with van der Waals surface area (Å²) in [6.45, 7) is 1.40. The number of β-amino-alcohol motifs (C(OH)–C–C–N with tert-alkyl or cyclic N) is 1. The van der Waals surface area contributed by atoms with E-state index in [0.717, 1.165) is 0 Å². The lowest BCUT2D eigenvalue weighted by molar-refractivity contribution is -0.119. The molecule has 2 amide bonds. The summed E-state index contributed by atoms with van der Waals surface area (Å²) in [5.74, 6) is -0.556. The molecule has 1 aromatic rings. The Hall–Kier alpha value is -2.12. The summed E-state index contributed by atoms with van der Waals surface area (Å²) in [4.78, 5) is 24.8. The Balaban J connectivity index is 2.18. The molecular weight excluding hydrogens is 288 g/mol. The van der Waals surface area contributed by atoms with Crippen LogP contribution in [0.25, 0.3) is 0 Å². The van der Waals surface area contributed by atoms with Crippen LogP contribution >= 0.6 is 0 Å². The van der Waals surface area contributed by atoms with Gasteiger partial charge < -0.3 is 25.6 Å². The first kappa shape index (κ1) is 16.3. The van der Waals surface area contributed by atoms with Gasteiger partial charge in [0.15, 0.2) is 6.61 Å². The highest BCUT2D eigenvalue weighted by molar-refractivity contribution is 5.95. The number of ether oxygens (including phenoxy) is 1. The second kappa shape index (κ2) is 6.33. The number of nitrogens with two attached hydrogens (primary N) is 1. The zero-order chi connectivity index (χ0) is 16.3. The molecule has 2 unspecified atom stereocenters. The predicted octanol–water partition coefficient (Wildman–Crippen LogP) is -0.491. The van der Waals surface area contributed by atoms with Gasteiger partial charge in [0.05, 0.1) is 18.2 Å². The third-order valence-electron chi connectivity index (χ3n) is 3.77. The van der Waals surface area contributed by atoms with Crippen molar-refractivity contribution in [2.45, 2.75) is 25.0 Å². The maximum absolute atomic E-state index is 12.6. The van der Waals surface area contributed by atoms with Gasteiger partial charge in [0, 0.05) is 18.5 Å². The number of hydrogen-bond donors (Lipinski definition) is 3. The molecule has 1 aliphatic rings. The molecule has 2 rings (SSSR count). The molecule has 4 N–H and O–H groups in total. The number of likely N-dealkylation sites (tertiary alicyclic amines) is 1. The number of rotatable bonds is 5. The van der Waals surface area contributed by atoms with Crippen LogP contribution in [0.1, 0.15) is 23.7 Å². The van der Waals surface area contributed by atoms with Gasteiger partial charge in [-0.1, -0.05) is 6.07 Å². The molecule has 22 heavy (non-hydrogen) atoms. The molecule has 0 bridgehead atoms. The molecule has 0 radical (unpaired) electrons. The first-order valence-electron chi connectivity index (χ1n) is 6.98. The first-order valence-corrected chi connectivity index (χ1v) is 6.98. The van der Waals surface area contributed by atoms with Crippen LogP contribution < -0.4 is 10.5 Å². The molecule has 7 heteroatoms. The van der Waals surface area contributed by atoms with Crippen molar-refractivity contribution in [1.29, 1.82) is 0 Å². The quantitative estimate of drug-likeness (QED) is 0.679. The molecule has 1 aromatic carbocycles. The zero-order valence-corrected chi connectivity index (χ0v) is 12.4. The van der Waals surface area contributed by atoms with Gasteiger partial charge in [-0.3, -0.25) is 9.59 Å². The Morgan fingerprint density at radius 2 is 2.23 bits per heavy atom. The molecule has 120 valence electrons. The number of amides is 2. The lowest BCUT2D eigenvalue weighted by Gasteiger charge is -2.33. The number of hydrogen-bond acceptors (Lipinski definition) is 5. The van der Waals surface area contributed by atoms with Crippen LogP contribution in [0, 0.1) is 0 Å². The highest BCUT2D eigenvalue weighted by Gasteiger charge is 2.43. The van der Waals surface area contributed by atoms with Crippen LogP contribution in [-0.2, 0) is 4.79 Å².